The third kappa shape index (κ3) is 4.68. The van der Waals surface area contributed by atoms with Crippen LogP contribution in [0.25, 0.3) is 0 Å². The van der Waals surface area contributed by atoms with Crippen molar-refractivity contribution in [3.63, 3.8) is 0 Å². The molecule has 0 aliphatic heterocycles. The molecule has 1 heterocycles. The number of carbonyl (C=O) groups is 1. The number of carbonyl (C=O) groups excluding carboxylic acids is 1. The van der Waals surface area contributed by atoms with E-state index >= 15 is 0 Å². The molecule has 1 aromatic rings. The van der Waals surface area contributed by atoms with Crippen LogP contribution in [-0.4, -0.2) is 37.8 Å². The number of hydrogen-bond acceptors (Lipinski definition) is 5. The molecule has 6 heteroatoms. The van der Waals surface area contributed by atoms with Crippen LogP contribution in [0.1, 0.15) is 11.4 Å². The minimum atomic E-state index is -0.199. The Morgan fingerprint density at radius 2 is 2.28 bits per heavy atom. The van der Waals surface area contributed by atoms with E-state index in [1.54, 1.807) is 13.2 Å². The van der Waals surface area contributed by atoms with Gasteiger partial charge in [-0.3, -0.25) is 9.78 Å². The maximum absolute atomic E-state index is 11.4. The molecular weight excluding hydrogens is 234 g/mol. The average Bonchev–Trinajstić information content (AvgIpc) is 2.37. The normalized spacial score (nSPS) is 10.2. The Kier molecular flexibility index (Phi) is 6.10. The quantitative estimate of drug-likeness (QED) is 0.667. The van der Waals surface area contributed by atoms with Crippen LogP contribution in [0.4, 0.5) is 0 Å². The van der Waals surface area contributed by atoms with Gasteiger partial charge in [0.25, 0.3) is 5.91 Å². The number of nitrogens with two attached hydrogens (primary N) is 1. The first-order valence-electron chi connectivity index (χ1n) is 5.72. The van der Waals surface area contributed by atoms with E-state index in [0.29, 0.717) is 24.6 Å². The molecule has 0 spiro atoms. The maximum atomic E-state index is 11.4. The predicted molar refractivity (Wildman–Crippen MR) is 67.2 cm³/mol. The molecule has 0 unspecified atom stereocenters. The van der Waals surface area contributed by atoms with Crippen LogP contribution >= 0.6 is 0 Å². The molecule has 0 atom stereocenters. The van der Waals surface area contributed by atoms with Gasteiger partial charge >= 0.3 is 0 Å². The zero-order chi connectivity index (χ0) is 13.4. The Labute approximate surface area is 106 Å². The van der Waals surface area contributed by atoms with E-state index in [0.717, 1.165) is 5.69 Å². The van der Waals surface area contributed by atoms with Crippen molar-refractivity contribution in [2.45, 2.75) is 13.5 Å². The summed E-state index contributed by atoms with van der Waals surface area (Å²) in [5.74, 6) is 0.348. The van der Waals surface area contributed by atoms with Gasteiger partial charge in [-0.15, -0.1) is 0 Å². The van der Waals surface area contributed by atoms with Gasteiger partial charge in [0.15, 0.2) is 6.61 Å². The summed E-state index contributed by atoms with van der Waals surface area (Å²) in [5.41, 5.74) is 7.08. The predicted octanol–water partition coefficient (Wildman–Crippen LogP) is -0.00988. The highest BCUT2D eigenvalue weighted by molar-refractivity contribution is 5.77. The van der Waals surface area contributed by atoms with Gasteiger partial charge in [-0.05, 0) is 19.1 Å². The van der Waals surface area contributed by atoms with E-state index in [2.05, 4.69) is 10.3 Å². The fourth-order valence-corrected chi connectivity index (χ4v) is 1.36. The van der Waals surface area contributed by atoms with E-state index in [9.17, 15) is 4.79 Å². The fraction of sp³-hybridized carbons (Fsp3) is 0.500. The first-order chi connectivity index (χ1) is 8.67. The highest BCUT2D eigenvalue weighted by Crippen LogP contribution is 2.15. The number of nitrogens with zero attached hydrogens (tertiary/aromatic N) is 1. The van der Waals surface area contributed by atoms with Crippen LogP contribution < -0.4 is 15.8 Å². The standard InChI is InChI=1S/C12H19N3O3/c1-9-3-4-11(10(7-13)15-9)18-8-12(16)14-5-6-17-2/h3-4H,5-8,13H2,1-2H3,(H,14,16). The third-order valence-electron chi connectivity index (χ3n) is 2.25. The number of amides is 1. The summed E-state index contributed by atoms with van der Waals surface area (Å²) in [7, 11) is 1.58. The number of hydrogen-bond donors (Lipinski definition) is 2. The molecule has 6 nitrogen and oxygen atoms in total. The van der Waals surface area contributed by atoms with Crippen LogP contribution in [0.15, 0.2) is 12.1 Å². The molecule has 0 aromatic carbocycles. The van der Waals surface area contributed by atoms with E-state index in [4.69, 9.17) is 15.2 Å². The van der Waals surface area contributed by atoms with E-state index in [1.807, 2.05) is 13.0 Å². The van der Waals surface area contributed by atoms with Crippen molar-refractivity contribution < 1.29 is 14.3 Å². The molecule has 0 aliphatic carbocycles. The number of pyridine rings is 1. The van der Waals surface area contributed by atoms with Gasteiger partial charge in [0, 0.05) is 25.9 Å². The lowest BCUT2D eigenvalue weighted by Gasteiger charge is -2.10. The Balaban J connectivity index is 2.45. The average molecular weight is 253 g/mol. The van der Waals surface area contributed by atoms with E-state index in [1.165, 1.54) is 0 Å². The Morgan fingerprint density at radius 3 is 2.94 bits per heavy atom. The lowest BCUT2D eigenvalue weighted by Crippen LogP contribution is -2.31. The summed E-state index contributed by atoms with van der Waals surface area (Å²) in [6, 6.07) is 3.59. The Hall–Kier alpha value is -1.66. The number of nitrogens with one attached hydrogen (secondary N) is 1. The van der Waals surface area contributed by atoms with Crippen molar-refractivity contribution in [2.75, 3.05) is 26.9 Å². The Morgan fingerprint density at radius 1 is 1.50 bits per heavy atom. The number of aryl methyl sites for hydroxylation is 1. The second-order valence-electron chi connectivity index (χ2n) is 3.73. The largest absolute Gasteiger partial charge is 0.482 e. The fourth-order valence-electron chi connectivity index (χ4n) is 1.36. The van der Waals surface area contributed by atoms with Crippen LogP contribution in [0.5, 0.6) is 5.75 Å². The van der Waals surface area contributed by atoms with E-state index < -0.39 is 0 Å². The summed E-state index contributed by atoms with van der Waals surface area (Å²) in [5, 5.41) is 2.66. The molecule has 0 bridgehead atoms. The van der Waals surface area contributed by atoms with Crippen molar-refractivity contribution in [3.05, 3.63) is 23.5 Å². The highest BCUT2D eigenvalue weighted by atomic mass is 16.5. The van der Waals surface area contributed by atoms with Gasteiger partial charge in [-0.25, -0.2) is 0 Å². The molecule has 3 N–H and O–H groups in total. The summed E-state index contributed by atoms with van der Waals surface area (Å²) in [6.07, 6.45) is 0. The van der Waals surface area contributed by atoms with Crippen molar-refractivity contribution in [2.24, 2.45) is 5.73 Å². The van der Waals surface area contributed by atoms with E-state index in [-0.39, 0.29) is 19.1 Å². The minimum Gasteiger partial charge on any atom is -0.482 e. The van der Waals surface area contributed by atoms with Gasteiger partial charge in [0.2, 0.25) is 0 Å². The number of aromatic nitrogens is 1. The molecule has 0 aliphatic rings. The van der Waals surface area contributed by atoms with Crippen molar-refractivity contribution in [1.29, 1.82) is 0 Å². The first-order valence-corrected chi connectivity index (χ1v) is 5.72. The summed E-state index contributed by atoms with van der Waals surface area (Å²) < 4.78 is 10.2. The molecule has 0 radical (unpaired) electrons. The van der Waals surface area contributed by atoms with Crippen molar-refractivity contribution >= 4 is 5.91 Å². The molecule has 18 heavy (non-hydrogen) atoms. The van der Waals surface area contributed by atoms with Gasteiger partial charge in [0.05, 0.1) is 12.3 Å². The smallest absolute Gasteiger partial charge is 0.258 e. The zero-order valence-corrected chi connectivity index (χ0v) is 10.7. The topological polar surface area (TPSA) is 86.5 Å². The second-order valence-corrected chi connectivity index (χ2v) is 3.73. The summed E-state index contributed by atoms with van der Waals surface area (Å²) in [4.78, 5) is 15.7. The maximum Gasteiger partial charge on any atom is 0.258 e. The van der Waals surface area contributed by atoms with Crippen molar-refractivity contribution in [3.8, 4) is 5.75 Å². The lowest BCUT2D eigenvalue weighted by atomic mass is 10.3. The molecular formula is C12H19N3O3. The van der Waals surface area contributed by atoms with Crippen LogP contribution in [-0.2, 0) is 16.1 Å². The SMILES string of the molecule is COCCNC(=O)COc1ccc(C)nc1CN. The molecule has 100 valence electrons. The molecule has 0 saturated carbocycles. The zero-order valence-electron chi connectivity index (χ0n) is 10.7. The van der Waals surface area contributed by atoms with Crippen LogP contribution in [0, 0.1) is 6.92 Å². The van der Waals surface area contributed by atoms with Gasteiger partial charge < -0.3 is 20.5 Å². The molecule has 1 aromatic heterocycles. The summed E-state index contributed by atoms with van der Waals surface area (Å²) >= 11 is 0. The highest BCUT2D eigenvalue weighted by Gasteiger charge is 2.07. The monoisotopic (exact) mass is 253 g/mol. The minimum absolute atomic E-state index is 0.0541. The molecule has 1 rings (SSSR count). The van der Waals surface area contributed by atoms with Crippen LogP contribution in [0.2, 0.25) is 0 Å². The van der Waals surface area contributed by atoms with Crippen LogP contribution in [0.3, 0.4) is 0 Å². The van der Waals surface area contributed by atoms with Gasteiger partial charge in [-0.1, -0.05) is 0 Å². The van der Waals surface area contributed by atoms with Gasteiger partial charge in [-0.2, -0.15) is 0 Å². The lowest BCUT2D eigenvalue weighted by molar-refractivity contribution is -0.123. The third-order valence-corrected chi connectivity index (χ3v) is 2.25. The second kappa shape index (κ2) is 7.62. The first kappa shape index (κ1) is 14.4. The van der Waals surface area contributed by atoms with Crippen molar-refractivity contribution in [1.82, 2.24) is 10.3 Å². The number of methoxy groups -OCH3 is 1. The Bertz CT molecular complexity index is 396. The molecule has 0 saturated heterocycles. The summed E-state index contributed by atoms with van der Waals surface area (Å²) in [6.45, 7) is 3.05. The van der Waals surface area contributed by atoms with Gasteiger partial charge in [0.1, 0.15) is 5.75 Å². The number of rotatable bonds is 7. The molecule has 1 amide bonds. The number of ether oxygens (including phenoxy) is 2. The molecule has 0 fully saturated rings.